The Morgan fingerprint density at radius 2 is 1.77 bits per heavy atom. The predicted molar refractivity (Wildman–Crippen MR) is 104 cm³/mol. The minimum atomic E-state index is -0.154. The Morgan fingerprint density at radius 1 is 1.04 bits per heavy atom. The van der Waals surface area contributed by atoms with Crippen molar-refractivity contribution in [2.24, 2.45) is 0 Å². The average molecular weight is 353 g/mol. The summed E-state index contributed by atoms with van der Waals surface area (Å²) in [6.45, 7) is 2.68. The van der Waals surface area contributed by atoms with Crippen molar-refractivity contribution < 1.29 is 9.90 Å². The van der Waals surface area contributed by atoms with Gasteiger partial charge in [0.1, 0.15) is 5.75 Å². The topological polar surface area (TPSA) is 64.6 Å². The van der Waals surface area contributed by atoms with Gasteiger partial charge in [0.15, 0.2) is 0 Å². The molecule has 2 amide bonds. The van der Waals surface area contributed by atoms with Crippen LogP contribution in [0.2, 0.25) is 0 Å². The molecule has 0 aromatic heterocycles. The second kappa shape index (κ2) is 9.25. The Bertz CT molecular complexity index is 684. The van der Waals surface area contributed by atoms with Gasteiger partial charge in [0.2, 0.25) is 0 Å². The van der Waals surface area contributed by atoms with E-state index in [1.807, 2.05) is 42.5 Å². The van der Waals surface area contributed by atoms with Crippen molar-refractivity contribution in [2.75, 3.05) is 25.0 Å². The number of carbonyl (C=O) groups excluding carboxylic acids is 1. The number of amides is 2. The van der Waals surface area contributed by atoms with E-state index in [9.17, 15) is 9.90 Å². The first-order valence-corrected chi connectivity index (χ1v) is 9.32. The minimum Gasteiger partial charge on any atom is -0.508 e. The number of carbonyl (C=O) groups is 1. The summed E-state index contributed by atoms with van der Waals surface area (Å²) in [6.07, 6.45) is 4.47. The fourth-order valence-corrected chi connectivity index (χ4v) is 3.03. The lowest BCUT2D eigenvalue weighted by atomic mass is 10.1. The number of nitrogens with one attached hydrogen (secondary N) is 2. The number of hydrogen-bond donors (Lipinski definition) is 3. The summed E-state index contributed by atoms with van der Waals surface area (Å²) < 4.78 is 0. The molecular formula is C21H27N3O2. The third kappa shape index (κ3) is 6.08. The molecule has 0 bridgehead atoms. The van der Waals surface area contributed by atoms with E-state index in [2.05, 4.69) is 15.5 Å². The van der Waals surface area contributed by atoms with E-state index in [1.54, 1.807) is 12.1 Å². The molecule has 1 saturated carbocycles. The Balaban J connectivity index is 1.35. The van der Waals surface area contributed by atoms with Crippen LogP contribution >= 0.6 is 0 Å². The molecular weight excluding hydrogens is 326 g/mol. The second-order valence-corrected chi connectivity index (χ2v) is 6.78. The molecule has 0 aliphatic heterocycles. The molecule has 0 heterocycles. The number of phenolic OH excluding ortho intramolecular Hbond substituents is 1. The number of aromatic hydroxyl groups is 1. The summed E-state index contributed by atoms with van der Waals surface area (Å²) in [6, 6.07) is 17.5. The summed E-state index contributed by atoms with van der Waals surface area (Å²) in [5.74, 6) is 0.313. The number of urea groups is 1. The number of nitrogens with zero attached hydrogens (tertiary/aromatic N) is 1. The molecule has 1 fully saturated rings. The third-order valence-corrected chi connectivity index (χ3v) is 4.63. The van der Waals surface area contributed by atoms with E-state index in [0.717, 1.165) is 31.6 Å². The SMILES string of the molecule is O=C(NCCCN(CCc1ccc(O)cc1)C1CC1)Nc1ccccc1. The molecule has 0 radical (unpaired) electrons. The molecule has 2 aromatic carbocycles. The lowest BCUT2D eigenvalue weighted by Gasteiger charge is -2.22. The molecule has 138 valence electrons. The fourth-order valence-electron chi connectivity index (χ4n) is 3.03. The number of rotatable bonds is 9. The molecule has 0 spiro atoms. The number of para-hydroxylation sites is 1. The van der Waals surface area contributed by atoms with Crippen LogP contribution in [0.5, 0.6) is 5.75 Å². The quantitative estimate of drug-likeness (QED) is 0.604. The summed E-state index contributed by atoms with van der Waals surface area (Å²) in [7, 11) is 0. The molecule has 2 aromatic rings. The summed E-state index contributed by atoms with van der Waals surface area (Å²) in [5, 5.41) is 15.1. The Kier molecular flexibility index (Phi) is 6.50. The number of phenols is 1. The number of hydrogen-bond acceptors (Lipinski definition) is 3. The van der Waals surface area contributed by atoms with Gasteiger partial charge < -0.3 is 15.7 Å². The van der Waals surface area contributed by atoms with Gasteiger partial charge in [-0.25, -0.2) is 4.79 Å². The highest BCUT2D eigenvalue weighted by Gasteiger charge is 2.28. The van der Waals surface area contributed by atoms with Gasteiger partial charge in [-0.05, 0) is 55.5 Å². The molecule has 0 unspecified atom stereocenters. The molecule has 3 N–H and O–H groups in total. The smallest absolute Gasteiger partial charge is 0.319 e. The summed E-state index contributed by atoms with van der Waals surface area (Å²) in [4.78, 5) is 14.4. The molecule has 0 saturated heterocycles. The van der Waals surface area contributed by atoms with Gasteiger partial charge >= 0.3 is 6.03 Å². The van der Waals surface area contributed by atoms with Crippen LogP contribution in [0.4, 0.5) is 10.5 Å². The van der Waals surface area contributed by atoms with E-state index < -0.39 is 0 Å². The lowest BCUT2D eigenvalue weighted by Crippen LogP contribution is -2.34. The summed E-state index contributed by atoms with van der Waals surface area (Å²) >= 11 is 0. The van der Waals surface area contributed by atoms with Gasteiger partial charge in [-0.3, -0.25) is 4.90 Å². The van der Waals surface area contributed by atoms with E-state index in [4.69, 9.17) is 0 Å². The summed E-state index contributed by atoms with van der Waals surface area (Å²) in [5.41, 5.74) is 2.05. The minimum absolute atomic E-state index is 0.154. The van der Waals surface area contributed by atoms with Crippen molar-refractivity contribution in [3.05, 3.63) is 60.2 Å². The molecule has 5 nitrogen and oxygen atoms in total. The van der Waals surface area contributed by atoms with Crippen LogP contribution in [0.25, 0.3) is 0 Å². The standard InChI is InChI=1S/C21H27N3O2/c25-20-11-7-17(8-12-20)13-16-24(19-9-10-19)15-4-14-22-21(26)23-18-5-2-1-3-6-18/h1-3,5-8,11-12,19,25H,4,9-10,13-16H2,(H2,22,23,26). The molecule has 1 aliphatic carbocycles. The molecule has 0 atom stereocenters. The van der Waals surface area contributed by atoms with Gasteiger partial charge in [0.05, 0.1) is 0 Å². The highest BCUT2D eigenvalue weighted by Crippen LogP contribution is 2.27. The lowest BCUT2D eigenvalue weighted by molar-refractivity contribution is 0.246. The first-order chi connectivity index (χ1) is 12.7. The van der Waals surface area contributed by atoms with Gasteiger partial charge in [0.25, 0.3) is 0 Å². The Morgan fingerprint density at radius 3 is 2.46 bits per heavy atom. The monoisotopic (exact) mass is 353 g/mol. The van der Waals surface area contributed by atoms with Crippen molar-refractivity contribution in [2.45, 2.75) is 31.7 Å². The number of benzene rings is 2. The van der Waals surface area contributed by atoms with Crippen molar-refractivity contribution >= 4 is 11.7 Å². The normalized spacial score (nSPS) is 13.6. The zero-order valence-corrected chi connectivity index (χ0v) is 15.0. The molecule has 3 rings (SSSR count). The van der Waals surface area contributed by atoms with Gasteiger partial charge in [-0.1, -0.05) is 30.3 Å². The van der Waals surface area contributed by atoms with Crippen molar-refractivity contribution in [3.63, 3.8) is 0 Å². The largest absolute Gasteiger partial charge is 0.508 e. The Hall–Kier alpha value is -2.53. The first kappa shape index (κ1) is 18.3. The van der Waals surface area contributed by atoms with E-state index in [-0.39, 0.29) is 6.03 Å². The second-order valence-electron chi connectivity index (χ2n) is 6.78. The molecule has 5 heteroatoms. The molecule has 1 aliphatic rings. The van der Waals surface area contributed by atoms with E-state index in [0.29, 0.717) is 18.3 Å². The third-order valence-electron chi connectivity index (χ3n) is 4.63. The maximum absolute atomic E-state index is 11.9. The van der Waals surface area contributed by atoms with Crippen molar-refractivity contribution in [3.8, 4) is 5.75 Å². The highest BCUT2D eigenvalue weighted by atomic mass is 16.3. The maximum Gasteiger partial charge on any atom is 0.319 e. The predicted octanol–water partition coefficient (Wildman–Crippen LogP) is 3.61. The van der Waals surface area contributed by atoms with Gasteiger partial charge in [-0.15, -0.1) is 0 Å². The molecule has 26 heavy (non-hydrogen) atoms. The first-order valence-electron chi connectivity index (χ1n) is 9.32. The van der Waals surface area contributed by atoms with Crippen molar-refractivity contribution in [1.29, 1.82) is 0 Å². The van der Waals surface area contributed by atoms with Crippen LogP contribution in [0.1, 0.15) is 24.8 Å². The van der Waals surface area contributed by atoms with Crippen LogP contribution in [0.3, 0.4) is 0 Å². The van der Waals surface area contributed by atoms with E-state index >= 15 is 0 Å². The van der Waals surface area contributed by atoms with Crippen LogP contribution < -0.4 is 10.6 Å². The van der Waals surface area contributed by atoms with Gasteiger partial charge in [0, 0.05) is 31.4 Å². The van der Waals surface area contributed by atoms with Crippen LogP contribution in [0, 0.1) is 0 Å². The van der Waals surface area contributed by atoms with Crippen LogP contribution in [0.15, 0.2) is 54.6 Å². The Labute approximate surface area is 155 Å². The average Bonchev–Trinajstić information content (AvgIpc) is 3.48. The van der Waals surface area contributed by atoms with Gasteiger partial charge in [-0.2, -0.15) is 0 Å². The highest BCUT2D eigenvalue weighted by molar-refractivity contribution is 5.89. The zero-order valence-electron chi connectivity index (χ0n) is 15.0. The van der Waals surface area contributed by atoms with E-state index in [1.165, 1.54) is 18.4 Å². The van der Waals surface area contributed by atoms with Crippen LogP contribution in [-0.4, -0.2) is 41.7 Å². The van der Waals surface area contributed by atoms with Crippen LogP contribution in [-0.2, 0) is 6.42 Å². The van der Waals surface area contributed by atoms with Crippen molar-refractivity contribution in [1.82, 2.24) is 10.2 Å². The number of anilines is 1. The zero-order chi connectivity index (χ0) is 18.2. The fraction of sp³-hybridized carbons (Fsp3) is 0.381. The maximum atomic E-state index is 11.9.